The molecule has 0 radical (unpaired) electrons. The first-order valence-electron chi connectivity index (χ1n) is 9.33. The minimum atomic E-state index is -0.346. The lowest BCUT2D eigenvalue weighted by Gasteiger charge is -2.34. The first-order chi connectivity index (χ1) is 11.8. The van der Waals surface area contributed by atoms with E-state index >= 15 is 0 Å². The molecule has 2 fully saturated rings. The number of rotatable bonds is 2. The van der Waals surface area contributed by atoms with Gasteiger partial charge in [-0.1, -0.05) is 20.8 Å². The van der Waals surface area contributed by atoms with Crippen LogP contribution in [0.1, 0.15) is 74.5 Å². The third-order valence-corrected chi connectivity index (χ3v) is 5.18. The lowest BCUT2D eigenvalue weighted by atomic mass is 9.91. The zero-order valence-corrected chi connectivity index (χ0v) is 15.8. The quantitative estimate of drug-likeness (QED) is 0.825. The molecule has 0 N–H and O–H groups in total. The van der Waals surface area contributed by atoms with Crippen LogP contribution in [0.4, 0.5) is 0 Å². The normalized spacial score (nSPS) is 19.5. The van der Waals surface area contributed by atoms with Crippen molar-refractivity contribution in [1.82, 2.24) is 14.8 Å². The van der Waals surface area contributed by atoms with Gasteiger partial charge in [-0.05, 0) is 32.6 Å². The van der Waals surface area contributed by atoms with Crippen LogP contribution < -0.4 is 0 Å². The summed E-state index contributed by atoms with van der Waals surface area (Å²) < 4.78 is 5.84. The van der Waals surface area contributed by atoms with Crippen molar-refractivity contribution in [2.45, 2.75) is 59.3 Å². The van der Waals surface area contributed by atoms with E-state index in [1.165, 1.54) is 0 Å². The zero-order chi connectivity index (χ0) is 18.2. The maximum absolute atomic E-state index is 12.6. The molecule has 3 heterocycles. The maximum Gasteiger partial charge on any atom is 0.276 e. The smallest absolute Gasteiger partial charge is 0.276 e. The predicted molar refractivity (Wildman–Crippen MR) is 94.4 cm³/mol. The number of carbonyl (C=O) groups excluding carboxylic acids is 2. The Morgan fingerprint density at radius 1 is 1.04 bits per heavy atom. The van der Waals surface area contributed by atoms with Crippen LogP contribution in [-0.4, -0.2) is 52.8 Å². The van der Waals surface area contributed by atoms with Crippen molar-refractivity contribution in [3.8, 4) is 0 Å². The standard InChI is InChI=1S/C19H29N3O3/c1-13-15(17(23)21-9-5-6-10-21)20-16(25-13)14-7-11-22(12-8-14)18(24)19(2,3)4/h14H,5-12H2,1-4H3. The Labute approximate surface area is 149 Å². The predicted octanol–water partition coefficient (Wildman–Crippen LogP) is 2.97. The molecule has 0 spiro atoms. The molecule has 6 nitrogen and oxygen atoms in total. The highest BCUT2D eigenvalue weighted by Crippen LogP contribution is 2.31. The lowest BCUT2D eigenvalue weighted by molar-refractivity contribution is -0.140. The third-order valence-electron chi connectivity index (χ3n) is 5.18. The number of piperidine rings is 1. The average Bonchev–Trinajstić information content (AvgIpc) is 3.22. The van der Waals surface area contributed by atoms with E-state index < -0.39 is 0 Å². The maximum atomic E-state index is 12.6. The van der Waals surface area contributed by atoms with Crippen molar-refractivity contribution in [2.24, 2.45) is 5.41 Å². The van der Waals surface area contributed by atoms with E-state index in [0.29, 0.717) is 17.3 Å². The van der Waals surface area contributed by atoms with E-state index in [4.69, 9.17) is 4.42 Å². The Balaban J connectivity index is 1.65. The number of amides is 2. The molecule has 0 unspecified atom stereocenters. The molecular formula is C19H29N3O3. The van der Waals surface area contributed by atoms with Crippen molar-refractivity contribution in [1.29, 1.82) is 0 Å². The van der Waals surface area contributed by atoms with Gasteiger partial charge < -0.3 is 14.2 Å². The molecule has 0 aliphatic carbocycles. The number of aryl methyl sites for hydroxylation is 1. The highest BCUT2D eigenvalue weighted by molar-refractivity contribution is 5.93. The van der Waals surface area contributed by atoms with Gasteiger partial charge in [0.05, 0.1) is 0 Å². The second-order valence-electron chi connectivity index (χ2n) is 8.27. The monoisotopic (exact) mass is 347 g/mol. The molecular weight excluding hydrogens is 318 g/mol. The summed E-state index contributed by atoms with van der Waals surface area (Å²) in [4.78, 5) is 33.3. The Morgan fingerprint density at radius 3 is 2.20 bits per heavy atom. The van der Waals surface area contributed by atoms with Gasteiger partial charge in [0.1, 0.15) is 5.76 Å². The van der Waals surface area contributed by atoms with E-state index in [1.54, 1.807) is 0 Å². The molecule has 1 aromatic heterocycles. The van der Waals surface area contributed by atoms with Crippen LogP contribution in [0.25, 0.3) is 0 Å². The molecule has 2 amide bonds. The summed E-state index contributed by atoms with van der Waals surface area (Å²) in [5.74, 6) is 1.63. The van der Waals surface area contributed by atoms with Gasteiger partial charge in [0.25, 0.3) is 5.91 Å². The number of nitrogens with zero attached hydrogens (tertiary/aromatic N) is 3. The fraction of sp³-hybridized carbons (Fsp3) is 0.737. The summed E-state index contributed by atoms with van der Waals surface area (Å²) in [6.45, 7) is 10.7. The second-order valence-corrected chi connectivity index (χ2v) is 8.27. The highest BCUT2D eigenvalue weighted by atomic mass is 16.4. The van der Waals surface area contributed by atoms with Crippen molar-refractivity contribution in [3.63, 3.8) is 0 Å². The number of carbonyl (C=O) groups is 2. The summed E-state index contributed by atoms with van der Waals surface area (Å²) in [5, 5.41) is 0. The topological polar surface area (TPSA) is 66.7 Å². The van der Waals surface area contributed by atoms with Crippen molar-refractivity contribution in [2.75, 3.05) is 26.2 Å². The largest absolute Gasteiger partial charge is 0.445 e. The third kappa shape index (κ3) is 3.72. The number of likely N-dealkylation sites (tertiary alicyclic amines) is 2. The van der Waals surface area contributed by atoms with Gasteiger partial charge in [0.2, 0.25) is 5.91 Å². The van der Waals surface area contributed by atoms with Crippen molar-refractivity contribution in [3.05, 3.63) is 17.3 Å². The SMILES string of the molecule is Cc1oc(C2CCN(C(=O)C(C)(C)C)CC2)nc1C(=O)N1CCCC1. The van der Waals surface area contributed by atoms with Gasteiger partial charge in [-0.15, -0.1) is 0 Å². The van der Waals surface area contributed by atoms with Gasteiger partial charge in [-0.3, -0.25) is 9.59 Å². The van der Waals surface area contributed by atoms with Gasteiger partial charge in [-0.2, -0.15) is 0 Å². The summed E-state index contributed by atoms with van der Waals surface area (Å²) in [5.41, 5.74) is 0.117. The minimum Gasteiger partial charge on any atom is -0.445 e. The zero-order valence-electron chi connectivity index (χ0n) is 15.8. The van der Waals surface area contributed by atoms with Crippen LogP contribution in [0.15, 0.2) is 4.42 Å². The van der Waals surface area contributed by atoms with Crippen molar-refractivity contribution >= 4 is 11.8 Å². The van der Waals surface area contributed by atoms with E-state index in [1.807, 2.05) is 37.5 Å². The van der Waals surface area contributed by atoms with Crippen LogP contribution in [0.5, 0.6) is 0 Å². The molecule has 2 aliphatic heterocycles. The highest BCUT2D eigenvalue weighted by Gasteiger charge is 2.33. The van der Waals surface area contributed by atoms with Gasteiger partial charge in [0, 0.05) is 37.5 Å². The Bertz CT molecular complexity index is 645. The molecule has 0 bridgehead atoms. The first-order valence-corrected chi connectivity index (χ1v) is 9.33. The molecule has 0 saturated carbocycles. The lowest BCUT2D eigenvalue weighted by Crippen LogP contribution is -2.43. The summed E-state index contributed by atoms with van der Waals surface area (Å²) in [6.07, 6.45) is 3.80. The van der Waals surface area contributed by atoms with Gasteiger partial charge >= 0.3 is 0 Å². The molecule has 6 heteroatoms. The van der Waals surface area contributed by atoms with Crippen LogP contribution >= 0.6 is 0 Å². The summed E-state index contributed by atoms with van der Waals surface area (Å²) >= 11 is 0. The van der Waals surface area contributed by atoms with E-state index in [9.17, 15) is 9.59 Å². The number of hydrogen-bond donors (Lipinski definition) is 0. The van der Waals surface area contributed by atoms with Crippen molar-refractivity contribution < 1.29 is 14.0 Å². The second kappa shape index (κ2) is 6.81. The average molecular weight is 347 g/mol. The Hall–Kier alpha value is -1.85. The van der Waals surface area contributed by atoms with Gasteiger partial charge in [-0.25, -0.2) is 4.98 Å². The molecule has 0 atom stereocenters. The fourth-order valence-corrected chi connectivity index (χ4v) is 3.66. The van der Waals surface area contributed by atoms with Crippen LogP contribution in [0.3, 0.4) is 0 Å². The van der Waals surface area contributed by atoms with E-state index in [2.05, 4.69) is 4.98 Å². The fourth-order valence-electron chi connectivity index (χ4n) is 3.66. The molecule has 2 saturated heterocycles. The number of hydrogen-bond acceptors (Lipinski definition) is 4. The molecule has 0 aromatic carbocycles. The first kappa shape index (κ1) is 18.0. The van der Waals surface area contributed by atoms with Crippen LogP contribution in [-0.2, 0) is 4.79 Å². The number of aromatic nitrogens is 1. The Morgan fingerprint density at radius 2 is 1.64 bits per heavy atom. The van der Waals surface area contributed by atoms with Crippen LogP contribution in [0.2, 0.25) is 0 Å². The summed E-state index contributed by atoms with van der Waals surface area (Å²) in [6, 6.07) is 0. The molecule has 138 valence electrons. The Kier molecular flexibility index (Phi) is 4.89. The van der Waals surface area contributed by atoms with E-state index in [-0.39, 0.29) is 23.1 Å². The summed E-state index contributed by atoms with van der Waals surface area (Å²) in [7, 11) is 0. The molecule has 25 heavy (non-hydrogen) atoms. The van der Waals surface area contributed by atoms with Gasteiger partial charge in [0.15, 0.2) is 11.6 Å². The molecule has 1 aromatic rings. The van der Waals surface area contributed by atoms with E-state index in [0.717, 1.165) is 51.9 Å². The molecule has 3 rings (SSSR count). The minimum absolute atomic E-state index is 0.00894. The molecule has 2 aliphatic rings. The number of oxazole rings is 1. The van der Waals surface area contributed by atoms with Crippen LogP contribution in [0, 0.1) is 12.3 Å².